The van der Waals surface area contributed by atoms with Crippen LogP contribution in [0.15, 0.2) is 36.0 Å². The smallest absolute Gasteiger partial charge is 0.214 e. The highest BCUT2D eigenvalue weighted by atomic mass is 32.2. The third kappa shape index (κ3) is 3.54. The van der Waals surface area contributed by atoms with E-state index in [0.29, 0.717) is 16.6 Å². The summed E-state index contributed by atoms with van der Waals surface area (Å²) in [6, 6.07) is 5.87. The number of benzene rings is 1. The van der Waals surface area contributed by atoms with E-state index < -0.39 is 0 Å². The van der Waals surface area contributed by atoms with Gasteiger partial charge in [-0.25, -0.2) is 4.39 Å². The fourth-order valence-corrected chi connectivity index (χ4v) is 2.22. The molecular formula is C11H9FN2OS2. The van der Waals surface area contributed by atoms with Gasteiger partial charge >= 0.3 is 0 Å². The predicted molar refractivity (Wildman–Crippen MR) is 71.3 cm³/mol. The van der Waals surface area contributed by atoms with Crippen molar-refractivity contribution >= 4 is 39.9 Å². The molecule has 1 aliphatic heterocycles. The van der Waals surface area contributed by atoms with Crippen LogP contribution in [0.1, 0.15) is 0 Å². The number of hydrogen-bond donors (Lipinski definition) is 2. The molecule has 2 rings (SSSR count). The van der Waals surface area contributed by atoms with E-state index in [9.17, 15) is 9.18 Å². The van der Waals surface area contributed by atoms with Crippen molar-refractivity contribution in [3.63, 3.8) is 0 Å². The monoisotopic (exact) mass is 268 g/mol. The number of carbonyl (C=O) groups is 1. The van der Waals surface area contributed by atoms with Gasteiger partial charge in [0.05, 0.1) is 0 Å². The van der Waals surface area contributed by atoms with E-state index in [-0.39, 0.29) is 10.9 Å². The molecule has 1 aromatic rings. The molecule has 88 valence electrons. The fourth-order valence-electron chi connectivity index (χ4n) is 1.29. The molecule has 1 aliphatic rings. The molecule has 0 aromatic heterocycles. The van der Waals surface area contributed by atoms with E-state index in [1.54, 1.807) is 12.1 Å². The summed E-state index contributed by atoms with van der Waals surface area (Å²) >= 11 is 6.29. The Morgan fingerprint density at radius 1 is 1.29 bits per heavy atom. The van der Waals surface area contributed by atoms with Crippen molar-refractivity contribution in [2.75, 3.05) is 11.1 Å². The molecule has 0 fully saturated rings. The van der Waals surface area contributed by atoms with E-state index in [1.165, 1.54) is 30.0 Å². The highest BCUT2D eigenvalue weighted by Crippen LogP contribution is 2.16. The summed E-state index contributed by atoms with van der Waals surface area (Å²) < 4.78 is 12.7. The quantitative estimate of drug-likeness (QED) is 0.805. The van der Waals surface area contributed by atoms with Crippen LogP contribution in [0.2, 0.25) is 0 Å². The number of rotatable bonds is 2. The van der Waals surface area contributed by atoms with E-state index >= 15 is 0 Å². The zero-order valence-electron chi connectivity index (χ0n) is 8.70. The van der Waals surface area contributed by atoms with Crippen LogP contribution in [-0.4, -0.2) is 16.0 Å². The van der Waals surface area contributed by atoms with Crippen molar-refractivity contribution < 1.29 is 9.18 Å². The molecule has 0 unspecified atom stereocenters. The summed E-state index contributed by atoms with van der Waals surface area (Å²) in [6.07, 6.45) is 1.52. The summed E-state index contributed by atoms with van der Waals surface area (Å²) in [5, 5.41) is 6.23. The highest BCUT2D eigenvalue weighted by Gasteiger charge is 2.13. The zero-order chi connectivity index (χ0) is 12.3. The van der Waals surface area contributed by atoms with E-state index in [4.69, 9.17) is 12.2 Å². The van der Waals surface area contributed by atoms with Crippen LogP contribution in [-0.2, 0) is 4.79 Å². The van der Waals surface area contributed by atoms with Gasteiger partial charge in [-0.1, -0.05) is 11.8 Å². The third-order valence-corrected chi connectivity index (χ3v) is 3.10. The van der Waals surface area contributed by atoms with Gasteiger partial charge in [0.1, 0.15) is 5.82 Å². The molecule has 0 aliphatic carbocycles. The number of nitrogens with one attached hydrogen (secondary N) is 2. The molecule has 0 amide bonds. The molecule has 6 heteroatoms. The Kier molecular flexibility index (Phi) is 3.75. The molecule has 0 atom stereocenters. The SMILES string of the molecule is O=C1C=C(NC(=S)Nc2ccc(F)cc2)CS1. The van der Waals surface area contributed by atoms with Crippen LogP contribution >= 0.6 is 24.0 Å². The number of carbonyl (C=O) groups excluding carboxylic acids is 1. The molecule has 0 radical (unpaired) electrons. The first-order chi connectivity index (χ1) is 8.13. The molecule has 17 heavy (non-hydrogen) atoms. The van der Waals surface area contributed by atoms with Gasteiger partial charge in [0.15, 0.2) is 5.11 Å². The third-order valence-electron chi connectivity index (χ3n) is 2.04. The van der Waals surface area contributed by atoms with Gasteiger partial charge in [-0.2, -0.15) is 0 Å². The summed E-state index contributed by atoms with van der Waals surface area (Å²) in [6.45, 7) is 0. The predicted octanol–water partition coefficient (Wildman–Crippen LogP) is 2.27. The summed E-state index contributed by atoms with van der Waals surface area (Å²) in [7, 11) is 0. The van der Waals surface area contributed by atoms with Crippen molar-refractivity contribution in [3.05, 3.63) is 41.9 Å². The number of thioether (sulfide) groups is 1. The Balaban J connectivity index is 1.91. The molecule has 2 N–H and O–H groups in total. The molecule has 0 bridgehead atoms. The number of hydrogen-bond acceptors (Lipinski definition) is 3. The molecule has 0 saturated heterocycles. The average molecular weight is 268 g/mol. The Bertz CT molecular complexity index is 485. The normalized spacial score (nSPS) is 14.4. The lowest BCUT2D eigenvalue weighted by Gasteiger charge is -2.10. The highest BCUT2D eigenvalue weighted by molar-refractivity contribution is 8.14. The first-order valence-corrected chi connectivity index (χ1v) is 6.24. The summed E-state index contributed by atoms with van der Waals surface area (Å²) in [5.74, 6) is 0.305. The fraction of sp³-hybridized carbons (Fsp3) is 0.0909. The van der Waals surface area contributed by atoms with Crippen LogP contribution in [0.3, 0.4) is 0 Å². The van der Waals surface area contributed by atoms with Crippen molar-refractivity contribution in [1.29, 1.82) is 0 Å². The van der Waals surface area contributed by atoms with Crippen LogP contribution in [0.25, 0.3) is 0 Å². The maximum atomic E-state index is 12.7. The van der Waals surface area contributed by atoms with Crippen molar-refractivity contribution in [2.24, 2.45) is 0 Å². The molecular weight excluding hydrogens is 259 g/mol. The maximum absolute atomic E-state index is 12.7. The van der Waals surface area contributed by atoms with Gasteiger partial charge in [0.2, 0.25) is 5.12 Å². The van der Waals surface area contributed by atoms with Gasteiger partial charge in [-0.05, 0) is 36.5 Å². The van der Waals surface area contributed by atoms with E-state index in [1.807, 2.05) is 0 Å². The second kappa shape index (κ2) is 5.29. The topological polar surface area (TPSA) is 41.1 Å². The van der Waals surface area contributed by atoms with Crippen LogP contribution in [0, 0.1) is 5.82 Å². The molecule has 0 saturated carbocycles. The van der Waals surface area contributed by atoms with Gasteiger partial charge in [0.25, 0.3) is 0 Å². The lowest BCUT2D eigenvalue weighted by Crippen LogP contribution is -2.28. The van der Waals surface area contributed by atoms with Crippen LogP contribution < -0.4 is 10.6 Å². The maximum Gasteiger partial charge on any atom is 0.214 e. The van der Waals surface area contributed by atoms with Crippen molar-refractivity contribution in [2.45, 2.75) is 0 Å². The average Bonchev–Trinajstić information content (AvgIpc) is 2.67. The Morgan fingerprint density at radius 3 is 2.59 bits per heavy atom. The Hall–Kier alpha value is -1.40. The summed E-state index contributed by atoms with van der Waals surface area (Å²) in [5.41, 5.74) is 1.47. The van der Waals surface area contributed by atoms with Crippen molar-refractivity contribution in [3.8, 4) is 0 Å². The Morgan fingerprint density at radius 2 is 2.00 bits per heavy atom. The van der Waals surface area contributed by atoms with Crippen LogP contribution in [0.5, 0.6) is 0 Å². The van der Waals surface area contributed by atoms with Crippen molar-refractivity contribution in [1.82, 2.24) is 5.32 Å². The minimum atomic E-state index is -0.296. The van der Waals surface area contributed by atoms with E-state index in [0.717, 1.165) is 5.70 Å². The number of halogens is 1. The molecule has 3 nitrogen and oxygen atoms in total. The van der Waals surface area contributed by atoms with Gasteiger partial charge in [-0.15, -0.1) is 0 Å². The minimum absolute atomic E-state index is 0.0251. The standard InChI is InChI=1S/C11H9FN2OS2/c12-7-1-3-8(4-2-7)13-11(16)14-9-5-10(15)17-6-9/h1-5H,6H2,(H2,13,14,16). The first-order valence-electron chi connectivity index (χ1n) is 4.84. The minimum Gasteiger partial charge on any atom is -0.335 e. The largest absolute Gasteiger partial charge is 0.335 e. The molecule has 1 aromatic carbocycles. The molecule has 1 heterocycles. The second-order valence-corrected chi connectivity index (χ2v) is 4.75. The zero-order valence-corrected chi connectivity index (χ0v) is 10.3. The van der Waals surface area contributed by atoms with Gasteiger partial charge in [0, 0.05) is 23.2 Å². The van der Waals surface area contributed by atoms with Gasteiger partial charge < -0.3 is 10.6 Å². The second-order valence-electron chi connectivity index (χ2n) is 3.36. The number of anilines is 1. The summed E-state index contributed by atoms with van der Waals surface area (Å²) in [4.78, 5) is 11.0. The number of thiocarbonyl (C=S) groups is 1. The Labute approximate surface area is 107 Å². The lowest BCUT2D eigenvalue weighted by molar-refractivity contribution is -0.106. The first kappa shape index (κ1) is 12.1. The lowest BCUT2D eigenvalue weighted by atomic mass is 10.3. The van der Waals surface area contributed by atoms with Crippen LogP contribution in [0.4, 0.5) is 10.1 Å². The van der Waals surface area contributed by atoms with Gasteiger partial charge in [-0.3, -0.25) is 4.79 Å². The molecule has 0 spiro atoms. The van der Waals surface area contributed by atoms with E-state index in [2.05, 4.69) is 10.6 Å².